The van der Waals surface area contributed by atoms with Gasteiger partial charge in [0.15, 0.2) is 0 Å². The number of nitrogens with zero attached hydrogens (tertiary/aromatic N) is 1. The van der Waals surface area contributed by atoms with Crippen molar-refractivity contribution >= 4 is 27.5 Å². The Kier molecular flexibility index (Phi) is 5.47. The number of thiazole rings is 1. The highest BCUT2D eigenvalue weighted by Crippen LogP contribution is 2.36. The first-order valence-corrected chi connectivity index (χ1v) is 11.2. The van der Waals surface area contributed by atoms with E-state index in [0.717, 1.165) is 15.3 Å². The van der Waals surface area contributed by atoms with Gasteiger partial charge in [-0.15, -0.1) is 11.3 Å². The quantitative estimate of drug-likeness (QED) is 0.418. The second-order valence-electron chi connectivity index (χ2n) is 8.01. The van der Waals surface area contributed by atoms with Crippen LogP contribution in [-0.4, -0.2) is 27.0 Å². The molecule has 0 amide bonds. The highest BCUT2D eigenvalue weighted by Gasteiger charge is 2.34. The van der Waals surface area contributed by atoms with Crippen molar-refractivity contribution in [1.29, 1.82) is 0 Å². The van der Waals surface area contributed by atoms with E-state index >= 15 is 0 Å². The van der Waals surface area contributed by atoms with Gasteiger partial charge >= 0.3 is 5.97 Å². The maximum Gasteiger partial charge on any atom is 0.335 e. The molecule has 0 radical (unpaired) electrons. The van der Waals surface area contributed by atoms with Crippen molar-refractivity contribution in [2.75, 3.05) is 0 Å². The van der Waals surface area contributed by atoms with Gasteiger partial charge in [0.2, 0.25) is 5.79 Å². The van der Waals surface area contributed by atoms with Crippen LogP contribution in [0, 0.1) is 5.82 Å². The van der Waals surface area contributed by atoms with Gasteiger partial charge in [-0.3, -0.25) is 0 Å². The Bertz CT molecular complexity index is 1350. The minimum Gasteiger partial charge on any atom is -0.486 e. The molecule has 4 aromatic rings. The molecule has 2 N–H and O–H groups in total. The lowest BCUT2D eigenvalue weighted by atomic mass is 9.94. The molecule has 8 heteroatoms. The van der Waals surface area contributed by atoms with E-state index in [4.69, 9.17) is 9.47 Å². The van der Waals surface area contributed by atoms with Crippen LogP contribution in [0.4, 0.5) is 4.39 Å². The average Bonchev–Trinajstić information content (AvgIpc) is 3.19. The highest BCUT2D eigenvalue weighted by molar-refractivity contribution is 7.18. The number of aromatic nitrogens is 1. The smallest absolute Gasteiger partial charge is 0.335 e. The maximum absolute atomic E-state index is 13.4. The maximum atomic E-state index is 13.4. The number of hydrogen-bond acceptors (Lipinski definition) is 6. The second-order valence-corrected chi connectivity index (χ2v) is 9.12. The molecular formula is C25H20FNO5S. The van der Waals surface area contributed by atoms with Crippen molar-refractivity contribution in [3.63, 3.8) is 0 Å². The van der Waals surface area contributed by atoms with Crippen LogP contribution in [0.3, 0.4) is 0 Å². The van der Waals surface area contributed by atoms with Gasteiger partial charge < -0.3 is 19.7 Å². The lowest BCUT2D eigenvalue weighted by molar-refractivity contribution is -0.148. The minimum atomic E-state index is -1.41. The molecule has 1 aromatic heterocycles. The summed E-state index contributed by atoms with van der Waals surface area (Å²) in [5.41, 5.74) is 2.40. The molecule has 2 heterocycles. The largest absolute Gasteiger partial charge is 0.486 e. The first kappa shape index (κ1) is 21.4. The summed E-state index contributed by atoms with van der Waals surface area (Å²) in [6, 6.07) is 16.4. The van der Waals surface area contributed by atoms with E-state index in [0.29, 0.717) is 35.4 Å². The van der Waals surface area contributed by atoms with Crippen molar-refractivity contribution in [1.82, 2.24) is 4.98 Å². The Morgan fingerprint density at radius 2 is 2.06 bits per heavy atom. The van der Waals surface area contributed by atoms with E-state index < -0.39 is 11.8 Å². The summed E-state index contributed by atoms with van der Waals surface area (Å²) in [4.78, 5) is 15.6. The number of carboxylic acid groups (broad SMARTS) is 1. The third-order valence-electron chi connectivity index (χ3n) is 5.53. The van der Waals surface area contributed by atoms with Crippen molar-refractivity contribution in [2.45, 2.75) is 31.7 Å². The molecule has 0 bridgehead atoms. The molecule has 0 saturated heterocycles. The molecule has 5 rings (SSSR count). The van der Waals surface area contributed by atoms with Crippen molar-refractivity contribution in [2.24, 2.45) is 0 Å². The summed E-state index contributed by atoms with van der Waals surface area (Å²) >= 11 is 1.46. The first-order chi connectivity index (χ1) is 15.9. The fourth-order valence-corrected chi connectivity index (χ4v) is 4.80. The van der Waals surface area contributed by atoms with Crippen molar-refractivity contribution < 1.29 is 28.9 Å². The number of halogens is 1. The number of carboxylic acids is 1. The molecule has 0 spiro atoms. The van der Waals surface area contributed by atoms with Gasteiger partial charge in [-0.25, -0.2) is 14.2 Å². The van der Waals surface area contributed by atoms with E-state index in [1.165, 1.54) is 29.5 Å². The fraction of sp³-hybridized carbons (Fsp3) is 0.200. The number of fused-ring (bicyclic) bond motifs is 2. The van der Waals surface area contributed by atoms with E-state index in [9.17, 15) is 19.4 Å². The molecule has 1 aliphatic rings. The van der Waals surface area contributed by atoms with Crippen molar-refractivity contribution in [3.8, 4) is 11.5 Å². The van der Waals surface area contributed by atoms with Crippen LogP contribution in [-0.2, 0) is 19.4 Å². The van der Waals surface area contributed by atoms with E-state index in [2.05, 4.69) is 4.98 Å². The molecule has 0 aliphatic carbocycles. The van der Waals surface area contributed by atoms with Crippen LogP contribution in [0.1, 0.15) is 32.9 Å². The fourth-order valence-electron chi connectivity index (χ4n) is 3.94. The van der Waals surface area contributed by atoms with Crippen LogP contribution < -0.4 is 9.47 Å². The molecule has 0 saturated carbocycles. The Morgan fingerprint density at radius 1 is 1.18 bits per heavy atom. The van der Waals surface area contributed by atoms with Gasteiger partial charge in [0.25, 0.3) is 0 Å². The molecule has 1 unspecified atom stereocenters. The lowest BCUT2D eigenvalue weighted by Crippen LogP contribution is -2.41. The topological polar surface area (TPSA) is 88.9 Å². The van der Waals surface area contributed by atoms with Crippen molar-refractivity contribution in [3.05, 3.63) is 88.2 Å². The first-order valence-electron chi connectivity index (χ1n) is 10.4. The van der Waals surface area contributed by atoms with Crippen LogP contribution in [0.5, 0.6) is 11.5 Å². The predicted octanol–water partition coefficient (Wildman–Crippen LogP) is 4.97. The Hall–Kier alpha value is -3.49. The molecule has 6 nitrogen and oxygen atoms in total. The molecule has 33 heavy (non-hydrogen) atoms. The van der Waals surface area contributed by atoms with Crippen LogP contribution in [0.25, 0.3) is 10.2 Å². The zero-order valence-corrected chi connectivity index (χ0v) is 18.3. The lowest BCUT2D eigenvalue weighted by Gasteiger charge is -2.34. The summed E-state index contributed by atoms with van der Waals surface area (Å²) in [5, 5.41) is 20.9. The third kappa shape index (κ3) is 4.67. The number of benzene rings is 3. The second kappa shape index (κ2) is 8.46. The zero-order valence-electron chi connectivity index (χ0n) is 17.5. The molecule has 1 atom stereocenters. The van der Waals surface area contributed by atoms with Gasteiger partial charge in [0.05, 0.1) is 15.8 Å². The SMILES string of the molecule is O=C(O)c1cccc(CC2(O)CCc3cc(OCc4nc5cc(F)ccc5s4)ccc3O2)c1. The van der Waals surface area contributed by atoms with Gasteiger partial charge in [0, 0.05) is 18.9 Å². The summed E-state index contributed by atoms with van der Waals surface area (Å²) in [7, 11) is 0. The Morgan fingerprint density at radius 3 is 2.91 bits per heavy atom. The predicted molar refractivity (Wildman–Crippen MR) is 121 cm³/mol. The number of aromatic carboxylic acids is 1. The Balaban J connectivity index is 1.26. The van der Waals surface area contributed by atoms with Gasteiger partial charge in [-0.1, -0.05) is 12.1 Å². The van der Waals surface area contributed by atoms with E-state index in [1.807, 2.05) is 6.07 Å². The number of carbonyl (C=O) groups is 1. The number of ether oxygens (including phenoxy) is 2. The highest BCUT2D eigenvalue weighted by atomic mass is 32.1. The molecular weight excluding hydrogens is 445 g/mol. The summed E-state index contributed by atoms with van der Waals surface area (Å²) < 4.78 is 26.0. The van der Waals surface area contributed by atoms with E-state index in [1.54, 1.807) is 36.4 Å². The summed E-state index contributed by atoms with van der Waals surface area (Å²) in [6.45, 7) is 0.268. The van der Waals surface area contributed by atoms with Gasteiger partial charge in [-0.2, -0.15) is 0 Å². The van der Waals surface area contributed by atoms with Crippen LogP contribution >= 0.6 is 11.3 Å². The monoisotopic (exact) mass is 465 g/mol. The zero-order chi connectivity index (χ0) is 23.0. The van der Waals surface area contributed by atoms with Crippen LogP contribution in [0.2, 0.25) is 0 Å². The number of aryl methyl sites for hydroxylation is 1. The molecule has 1 aliphatic heterocycles. The number of rotatable bonds is 6. The molecule has 0 fully saturated rings. The molecule has 168 valence electrons. The van der Waals surface area contributed by atoms with Crippen LogP contribution in [0.15, 0.2) is 60.7 Å². The number of aliphatic hydroxyl groups is 1. The number of hydrogen-bond donors (Lipinski definition) is 2. The Labute approximate surface area is 192 Å². The normalized spacial score (nSPS) is 17.4. The van der Waals surface area contributed by atoms with Gasteiger partial charge in [-0.05, 0) is 60.0 Å². The average molecular weight is 466 g/mol. The minimum absolute atomic E-state index is 0.173. The standard InChI is InChI=1S/C25H20FNO5S/c26-18-4-7-22-20(12-18)27-23(33-22)14-31-19-5-6-21-16(11-19)8-9-25(30,32-21)13-15-2-1-3-17(10-15)24(28)29/h1-7,10-12,30H,8-9,13-14H2,(H,28,29). The van der Waals surface area contributed by atoms with E-state index in [-0.39, 0.29) is 24.4 Å². The molecule has 3 aromatic carbocycles. The van der Waals surface area contributed by atoms with Gasteiger partial charge in [0.1, 0.15) is 28.9 Å². The third-order valence-corrected chi connectivity index (χ3v) is 6.54. The summed E-state index contributed by atoms with van der Waals surface area (Å²) in [6.07, 6.45) is 1.14. The summed E-state index contributed by atoms with van der Waals surface area (Å²) in [5.74, 6) is -1.51.